The van der Waals surface area contributed by atoms with Gasteiger partial charge in [-0.1, -0.05) is 12.8 Å². The fourth-order valence-electron chi connectivity index (χ4n) is 1.26. The van der Waals surface area contributed by atoms with E-state index in [0.29, 0.717) is 5.25 Å². The van der Waals surface area contributed by atoms with Crippen molar-refractivity contribution in [1.82, 2.24) is 0 Å². The number of hydrogen-bond acceptors (Lipinski definition) is 1. The van der Waals surface area contributed by atoms with Crippen molar-refractivity contribution in [2.75, 3.05) is 5.75 Å². The predicted octanol–water partition coefficient (Wildman–Crippen LogP) is 2.93. The topological polar surface area (TPSA) is 0 Å². The molecule has 10 heavy (non-hydrogen) atoms. The van der Waals surface area contributed by atoms with E-state index in [2.05, 4.69) is 0 Å². The van der Waals surface area contributed by atoms with E-state index in [1.807, 2.05) is 0 Å². The van der Waals surface area contributed by atoms with Crippen LogP contribution in [0.3, 0.4) is 0 Å². The van der Waals surface area contributed by atoms with Crippen LogP contribution in [0.15, 0.2) is 0 Å². The Labute approximate surface area is 64.4 Å². The maximum Gasteiger partial charge on any atom is 0.247 e. The Kier molecular flexibility index (Phi) is 3.46. The third kappa shape index (κ3) is 2.86. The Balaban J connectivity index is 2.01. The van der Waals surface area contributed by atoms with Gasteiger partial charge < -0.3 is 0 Å². The Morgan fingerprint density at radius 3 is 2.40 bits per heavy atom. The van der Waals surface area contributed by atoms with E-state index >= 15 is 0 Å². The van der Waals surface area contributed by atoms with Gasteiger partial charge in [-0.2, -0.15) is 11.8 Å². The van der Waals surface area contributed by atoms with Crippen LogP contribution in [0.25, 0.3) is 0 Å². The molecule has 60 valence electrons. The van der Waals surface area contributed by atoms with Gasteiger partial charge in [-0.25, -0.2) is 8.78 Å². The maximum atomic E-state index is 11.7. The van der Waals surface area contributed by atoms with Crippen LogP contribution in [0.1, 0.15) is 25.7 Å². The summed E-state index contributed by atoms with van der Waals surface area (Å²) in [7, 11) is 0. The fourth-order valence-corrected chi connectivity index (χ4v) is 2.35. The zero-order valence-corrected chi connectivity index (χ0v) is 6.67. The summed E-state index contributed by atoms with van der Waals surface area (Å²) < 4.78 is 23.3. The molecular weight excluding hydrogens is 154 g/mol. The van der Waals surface area contributed by atoms with Crippen LogP contribution in [0.4, 0.5) is 8.78 Å². The van der Waals surface area contributed by atoms with Crippen LogP contribution in [-0.4, -0.2) is 17.4 Å². The lowest BCUT2D eigenvalue weighted by atomic mass is 10.4. The average molecular weight is 166 g/mol. The molecule has 0 saturated heterocycles. The van der Waals surface area contributed by atoms with Crippen molar-refractivity contribution in [2.24, 2.45) is 0 Å². The van der Waals surface area contributed by atoms with Gasteiger partial charge in [-0.15, -0.1) is 0 Å². The maximum absolute atomic E-state index is 11.7. The molecule has 0 aromatic heterocycles. The molecule has 1 aliphatic rings. The quantitative estimate of drug-likeness (QED) is 0.621. The predicted molar refractivity (Wildman–Crippen MR) is 40.7 cm³/mol. The van der Waals surface area contributed by atoms with E-state index in [1.165, 1.54) is 24.6 Å². The molecule has 0 bridgehead atoms. The number of rotatable bonds is 3. The summed E-state index contributed by atoms with van der Waals surface area (Å²) in [6.45, 7) is 0. The van der Waals surface area contributed by atoms with Crippen LogP contribution in [0, 0.1) is 0 Å². The standard InChI is InChI=1S/C7H12F2S/c8-7(9)5-10-6-3-1-2-4-6/h6-7H,1-5H2. The first-order valence-electron chi connectivity index (χ1n) is 3.69. The lowest BCUT2D eigenvalue weighted by Crippen LogP contribution is -2.01. The number of halogens is 2. The molecule has 0 aromatic carbocycles. The highest BCUT2D eigenvalue weighted by atomic mass is 32.2. The first-order chi connectivity index (χ1) is 4.79. The molecule has 0 nitrogen and oxygen atoms in total. The molecule has 0 unspecified atom stereocenters. The minimum absolute atomic E-state index is 0.0324. The summed E-state index contributed by atoms with van der Waals surface area (Å²) in [6.07, 6.45) is 2.65. The summed E-state index contributed by atoms with van der Waals surface area (Å²) in [6, 6.07) is 0. The molecule has 1 saturated carbocycles. The van der Waals surface area contributed by atoms with Gasteiger partial charge in [0.05, 0.1) is 5.75 Å². The van der Waals surface area contributed by atoms with Crippen molar-refractivity contribution >= 4 is 11.8 Å². The third-order valence-electron chi connectivity index (χ3n) is 1.76. The lowest BCUT2D eigenvalue weighted by molar-refractivity contribution is 0.176. The van der Waals surface area contributed by atoms with Crippen molar-refractivity contribution in [1.29, 1.82) is 0 Å². The van der Waals surface area contributed by atoms with Gasteiger partial charge in [-0.05, 0) is 12.8 Å². The highest BCUT2D eigenvalue weighted by Crippen LogP contribution is 2.29. The summed E-state index contributed by atoms with van der Waals surface area (Å²) in [4.78, 5) is 0. The monoisotopic (exact) mass is 166 g/mol. The van der Waals surface area contributed by atoms with Crippen LogP contribution < -0.4 is 0 Å². The molecule has 1 aliphatic carbocycles. The number of thioether (sulfide) groups is 1. The third-order valence-corrected chi connectivity index (χ3v) is 3.15. The lowest BCUT2D eigenvalue weighted by Gasteiger charge is -2.06. The molecule has 3 heteroatoms. The van der Waals surface area contributed by atoms with Crippen LogP contribution in [0.2, 0.25) is 0 Å². The van der Waals surface area contributed by atoms with E-state index < -0.39 is 6.43 Å². The molecule has 0 N–H and O–H groups in total. The highest BCUT2D eigenvalue weighted by Gasteiger charge is 2.16. The number of hydrogen-bond donors (Lipinski definition) is 0. The number of alkyl halides is 2. The largest absolute Gasteiger partial charge is 0.247 e. The summed E-state index contributed by atoms with van der Waals surface area (Å²) in [5.74, 6) is 0.0324. The zero-order chi connectivity index (χ0) is 7.40. The van der Waals surface area contributed by atoms with Crippen molar-refractivity contribution in [3.63, 3.8) is 0 Å². The van der Waals surface area contributed by atoms with Gasteiger partial charge in [0.15, 0.2) is 0 Å². The molecule has 0 atom stereocenters. The Morgan fingerprint density at radius 1 is 1.30 bits per heavy atom. The van der Waals surface area contributed by atoms with Crippen molar-refractivity contribution < 1.29 is 8.78 Å². The molecule has 1 fully saturated rings. The SMILES string of the molecule is FC(F)CSC1CCCC1. The Hall–Kier alpha value is 0.210. The van der Waals surface area contributed by atoms with Gasteiger partial charge >= 0.3 is 0 Å². The van der Waals surface area contributed by atoms with Gasteiger partial charge in [-0.3, -0.25) is 0 Å². The van der Waals surface area contributed by atoms with E-state index in [-0.39, 0.29) is 5.75 Å². The molecule has 0 amide bonds. The van der Waals surface area contributed by atoms with Crippen LogP contribution in [0.5, 0.6) is 0 Å². The van der Waals surface area contributed by atoms with Gasteiger partial charge in [0.25, 0.3) is 0 Å². The van der Waals surface area contributed by atoms with E-state index in [4.69, 9.17) is 0 Å². The minimum Gasteiger partial charge on any atom is -0.210 e. The Bertz CT molecular complexity index is 89.6. The summed E-state index contributed by atoms with van der Waals surface area (Å²) >= 11 is 1.44. The van der Waals surface area contributed by atoms with Crippen molar-refractivity contribution in [3.05, 3.63) is 0 Å². The van der Waals surface area contributed by atoms with Crippen molar-refractivity contribution in [3.8, 4) is 0 Å². The minimum atomic E-state index is -2.12. The van der Waals surface area contributed by atoms with Gasteiger partial charge in [0.2, 0.25) is 6.43 Å². The molecule has 0 radical (unpaired) electrons. The smallest absolute Gasteiger partial charge is 0.210 e. The second-order valence-corrected chi connectivity index (χ2v) is 3.96. The van der Waals surface area contributed by atoms with Crippen LogP contribution in [-0.2, 0) is 0 Å². The van der Waals surface area contributed by atoms with Gasteiger partial charge in [0.1, 0.15) is 0 Å². The fraction of sp³-hybridized carbons (Fsp3) is 1.00. The summed E-state index contributed by atoms with van der Waals surface area (Å²) in [5.41, 5.74) is 0. The highest BCUT2D eigenvalue weighted by molar-refractivity contribution is 7.99. The molecule has 0 spiro atoms. The zero-order valence-electron chi connectivity index (χ0n) is 5.85. The molecule has 1 rings (SSSR count). The van der Waals surface area contributed by atoms with E-state index in [0.717, 1.165) is 12.8 Å². The molecular formula is C7H12F2S. The van der Waals surface area contributed by atoms with E-state index in [9.17, 15) is 8.78 Å². The molecule has 0 aliphatic heterocycles. The second-order valence-electron chi connectivity index (χ2n) is 2.63. The molecule has 0 aromatic rings. The first-order valence-corrected chi connectivity index (χ1v) is 4.73. The normalized spacial score (nSPS) is 20.7. The summed E-state index contributed by atoms with van der Waals surface area (Å²) in [5, 5.41) is 0.536. The van der Waals surface area contributed by atoms with E-state index in [1.54, 1.807) is 0 Å². The second kappa shape index (κ2) is 4.16. The first kappa shape index (κ1) is 8.31. The average Bonchev–Trinajstić information content (AvgIpc) is 2.34. The Morgan fingerprint density at radius 2 is 1.90 bits per heavy atom. The van der Waals surface area contributed by atoms with Crippen LogP contribution >= 0.6 is 11.8 Å². The van der Waals surface area contributed by atoms with Crippen molar-refractivity contribution in [2.45, 2.75) is 37.4 Å². The van der Waals surface area contributed by atoms with Gasteiger partial charge in [0, 0.05) is 5.25 Å². The molecule has 0 heterocycles.